The van der Waals surface area contributed by atoms with Gasteiger partial charge in [-0.1, -0.05) is 18.2 Å². The minimum absolute atomic E-state index is 0.0155. The first-order valence-electron chi connectivity index (χ1n) is 13.6. The number of anilines is 1. The van der Waals surface area contributed by atoms with Crippen molar-refractivity contribution in [3.63, 3.8) is 0 Å². The minimum atomic E-state index is -2.82. The lowest BCUT2D eigenvalue weighted by Crippen LogP contribution is -2.54. The van der Waals surface area contributed by atoms with Crippen LogP contribution in [0.2, 0.25) is 5.02 Å². The van der Waals surface area contributed by atoms with Crippen molar-refractivity contribution in [1.29, 1.82) is 0 Å². The van der Waals surface area contributed by atoms with Crippen molar-refractivity contribution >= 4 is 34.2 Å². The van der Waals surface area contributed by atoms with E-state index in [2.05, 4.69) is 11.6 Å². The molecule has 222 valence electrons. The number of halogens is 5. The van der Waals surface area contributed by atoms with Crippen LogP contribution < -0.4 is 15.3 Å². The Kier molecular flexibility index (Phi) is 7.17. The number of rotatable bonds is 5. The summed E-state index contributed by atoms with van der Waals surface area (Å²) < 4.78 is 64.4. The predicted octanol–water partition coefficient (Wildman–Crippen LogP) is 4.49. The van der Waals surface area contributed by atoms with Crippen molar-refractivity contribution in [2.24, 2.45) is 0 Å². The van der Waals surface area contributed by atoms with Gasteiger partial charge in [0.05, 0.1) is 23.1 Å². The standard InChI is InChI=1S/C29H28ClF4N5O3/c1-3-23(40)37-8-9-38(16(2)12-37)27-20-11-21(30)24(19-5-4-17(31)10-22(19)32)26-25(20)39(28(41)35-27)18(14-42-26)13-36-7-6-29(33,34)15-36/h3-5,10-11,16,18H,1,6-9,12-15H2,2H3/t16-,18?/m0/s1. The molecule has 1 amide bonds. The van der Waals surface area contributed by atoms with E-state index in [4.69, 9.17) is 16.3 Å². The number of piperazine rings is 1. The Labute approximate surface area is 243 Å². The maximum atomic E-state index is 15.0. The van der Waals surface area contributed by atoms with Crippen LogP contribution in [-0.4, -0.2) is 83.1 Å². The van der Waals surface area contributed by atoms with Gasteiger partial charge in [0.2, 0.25) is 5.91 Å². The maximum Gasteiger partial charge on any atom is 0.350 e. The topological polar surface area (TPSA) is 70.9 Å². The Morgan fingerprint density at radius 1 is 1.24 bits per heavy atom. The summed E-state index contributed by atoms with van der Waals surface area (Å²) in [4.78, 5) is 35.6. The highest BCUT2D eigenvalue weighted by atomic mass is 35.5. The van der Waals surface area contributed by atoms with Crippen LogP contribution in [0.4, 0.5) is 23.4 Å². The fraction of sp³-hybridized carbons (Fsp3) is 0.414. The van der Waals surface area contributed by atoms with E-state index in [1.807, 2.05) is 11.8 Å². The second kappa shape index (κ2) is 10.6. The third-order valence-corrected chi connectivity index (χ3v) is 8.48. The van der Waals surface area contributed by atoms with Crippen LogP contribution >= 0.6 is 11.6 Å². The average molecular weight is 606 g/mol. The molecule has 3 aliphatic heterocycles. The van der Waals surface area contributed by atoms with Gasteiger partial charge in [0.1, 0.15) is 24.1 Å². The first-order chi connectivity index (χ1) is 20.0. The fourth-order valence-electron chi connectivity index (χ4n) is 6.22. The number of benzene rings is 2. The van der Waals surface area contributed by atoms with Crippen LogP contribution in [-0.2, 0) is 4.79 Å². The molecule has 2 saturated heterocycles. The summed E-state index contributed by atoms with van der Waals surface area (Å²) in [5.74, 6) is -4.21. The Balaban J connectivity index is 1.52. The van der Waals surface area contributed by atoms with Gasteiger partial charge in [-0.3, -0.25) is 14.3 Å². The molecule has 0 aliphatic carbocycles. The molecular weight excluding hydrogens is 578 g/mol. The van der Waals surface area contributed by atoms with Crippen LogP contribution in [0.3, 0.4) is 0 Å². The van der Waals surface area contributed by atoms with Crippen molar-refractivity contribution in [2.75, 3.05) is 50.8 Å². The van der Waals surface area contributed by atoms with Gasteiger partial charge in [-0.2, -0.15) is 4.98 Å². The molecule has 3 aromatic rings. The second-order valence-corrected chi connectivity index (χ2v) is 11.4. The second-order valence-electron chi connectivity index (χ2n) is 11.0. The lowest BCUT2D eigenvalue weighted by molar-refractivity contribution is -0.126. The number of likely N-dealkylation sites (tertiary alicyclic amines) is 1. The zero-order chi connectivity index (χ0) is 29.9. The third-order valence-electron chi connectivity index (χ3n) is 8.19. The molecule has 13 heteroatoms. The lowest BCUT2D eigenvalue weighted by atomic mass is 9.99. The van der Waals surface area contributed by atoms with Gasteiger partial charge in [0.25, 0.3) is 5.92 Å². The zero-order valence-corrected chi connectivity index (χ0v) is 23.5. The van der Waals surface area contributed by atoms with Gasteiger partial charge in [-0.15, -0.1) is 0 Å². The molecule has 2 atom stereocenters. The summed E-state index contributed by atoms with van der Waals surface area (Å²) in [5, 5.41) is 0.551. The number of hydrogen-bond acceptors (Lipinski definition) is 6. The van der Waals surface area contributed by atoms with E-state index in [9.17, 15) is 22.8 Å². The number of carbonyl (C=O) groups is 1. The van der Waals surface area contributed by atoms with Gasteiger partial charge in [-0.25, -0.2) is 22.4 Å². The molecule has 2 aromatic carbocycles. The average Bonchev–Trinajstić information content (AvgIpc) is 3.29. The molecule has 0 N–H and O–H groups in total. The van der Waals surface area contributed by atoms with E-state index in [-0.39, 0.29) is 60.0 Å². The number of ether oxygens (including phenoxy) is 1. The Morgan fingerprint density at radius 2 is 2.02 bits per heavy atom. The van der Waals surface area contributed by atoms with Crippen LogP contribution in [0.15, 0.2) is 41.7 Å². The molecule has 0 spiro atoms. The lowest BCUT2D eigenvalue weighted by Gasteiger charge is -2.41. The van der Waals surface area contributed by atoms with Crippen LogP contribution in [0.25, 0.3) is 22.0 Å². The summed E-state index contributed by atoms with van der Waals surface area (Å²) in [6.07, 6.45) is 0.972. The van der Waals surface area contributed by atoms with Crippen LogP contribution in [0.1, 0.15) is 19.4 Å². The Morgan fingerprint density at radius 3 is 2.69 bits per heavy atom. The van der Waals surface area contributed by atoms with Crippen molar-refractivity contribution in [3.05, 3.63) is 64.1 Å². The van der Waals surface area contributed by atoms with Crippen molar-refractivity contribution < 1.29 is 27.1 Å². The van der Waals surface area contributed by atoms with E-state index >= 15 is 4.39 Å². The highest BCUT2D eigenvalue weighted by Gasteiger charge is 2.41. The molecule has 8 nitrogen and oxygen atoms in total. The van der Waals surface area contributed by atoms with Gasteiger partial charge in [-0.05, 0) is 31.2 Å². The molecule has 0 saturated carbocycles. The molecule has 1 aromatic heterocycles. The van der Waals surface area contributed by atoms with Crippen molar-refractivity contribution in [1.82, 2.24) is 19.4 Å². The van der Waals surface area contributed by atoms with E-state index in [0.29, 0.717) is 36.4 Å². The maximum absolute atomic E-state index is 15.0. The molecule has 0 bridgehead atoms. The van der Waals surface area contributed by atoms with E-state index in [1.165, 1.54) is 16.7 Å². The fourth-order valence-corrected chi connectivity index (χ4v) is 6.52. The number of alkyl halides is 2. The molecule has 3 aliphatic rings. The summed E-state index contributed by atoms with van der Waals surface area (Å²) >= 11 is 6.76. The SMILES string of the molecule is C=CC(=O)N1CCN(c2nc(=O)n3c4c(c(-c5ccc(F)cc5F)c(Cl)cc24)OCC3CN2CCC(F)(F)C2)[C@@H](C)C1. The van der Waals surface area contributed by atoms with Crippen LogP contribution in [0, 0.1) is 11.6 Å². The molecule has 2 fully saturated rings. The monoisotopic (exact) mass is 605 g/mol. The number of amides is 1. The highest BCUT2D eigenvalue weighted by Crippen LogP contribution is 2.47. The van der Waals surface area contributed by atoms with Gasteiger partial charge < -0.3 is 14.5 Å². The quantitative estimate of drug-likeness (QED) is 0.315. The Hall–Kier alpha value is -3.64. The van der Waals surface area contributed by atoms with Gasteiger partial charge in [0.15, 0.2) is 5.75 Å². The van der Waals surface area contributed by atoms with Crippen LogP contribution in [0.5, 0.6) is 5.75 Å². The summed E-state index contributed by atoms with van der Waals surface area (Å²) in [6, 6.07) is 3.75. The molecule has 0 radical (unpaired) electrons. The molecule has 1 unspecified atom stereocenters. The third kappa shape index (κ3) is 4.90. The zero-order valence-electron chi connectivity index (χ0n) is 22.8. The highest BCUT2D eigenvalue weighted by molar-refractivity contribution is 6.35. The van der Waals surface area contributed by atoms with Gasteiger partial charge in [0, 0.05) is 67.8 Å². The molecule has 42 heavy (non-hydrogen) atoms. The molecular formula is C29H28ClF4N5O3. The van der Waals surface area contributed by atoms with E-state index in [0.717, 1.165) is 12.1 Å². The number of hydrogen-bond donors (Lipinski definition) is 0. The van der Waals surface area contributed by atoms with E-state index < -0.39 is 35.8 Å². The van der Waals surface area contributed by atoms with Gasteiger partial charge >= 0.3 is 5.69 Å². The predicted molar refractivity (Wildman–Crippen MR) is 150 cm³/mol. The molecule has 4 heterocycles. The van der Waals surface area contributed by atoms with E-state index in [1.54, 1.807) is 15.9 Å². The Bertz CT molecular complexity index is 1660. The number of aromatic nitrogens is 2. The first-order valence-corrected chi connectivity index (χ1v) is 14.0. The summed E-state index contributed by atoms with van der Waals surface area (Å²) in [5.41, 5.74) is -0.194. The molecule has 6 rings (SSSR count). The van der Waals surface area contributed by atoms with Crippen molar-refractivity contribution in [3.8, 4) is 16.9 Å². The van der Waals surface area contributed by atoms with Crippen molar-refractivity contribution in [2.45, 2.75) is 31.4 Å². The summed E-state index contributed by atoms with van der Waals surface area (Å²) in [7, 11) is 0. The normalized spacial score (nSPS) is 22.0. The summed E-state index contributed by atoms with van der Waals surface area (Å²) in [6.45, 7) is 6.31. The minimum Gasteiger partial charge on any atom is -0.488 e. The smallest absolute Gasteiger partial charge is 0.350 e. The first kappa shape index (κ1) is 28.5. The largest absolute Gasteiger partial charge is 0.488 e. The number of carbonyl (C=O) groups excluding carboxylic acids is 1. The number of nitrogens with zero attached hydrogens (tertiary/aromatic N) is 5.